The molecule has 1 aromatic carbocycles. The maximum atomic E-state index is 11.8. The molecule has 0 radical (unpaired) electrons. The number of para-hydroxylation sites is 1. The van der Waals surface area contributed by atoms with Crippen LogP contribution in [0.2, 0.25) is 0 Å². The molecule has 2 unspecified atom stereocenters. The largest absolute Gasteiger partial charge is 0.488 e. The number of halogens is 1. The Balaban J connectivity index is 1.76. The van der Waals surface area contributed by atoms with Gasteiger partial charge in [0.15, 0.2) is 0 Å². The third kappa shape index (κ3) is 4.21. The molecule has 1 saturated heterocycles. The van der Waals surface area contributed by atoms with Crippen molar-refractivity contribution in [2.75, 3.05) is 13.1 Å². The molecule has 0 spiro atoms. The lowest BCUT2D eigenvalue weighted by Crippen LogP contribution is -2.43. The maximum absolute atomic E-state index is 11.8. The van der Waals surface area contributed by atoms with Crippen molar-refractivity contribution in [3.63, 3.8) is 0 Å². The summed E-state index contributed by atoms with van der Waals surface area (Å²) in [5, 5.41) is 6.10. The van der Waals surface area contributed by atoms with Crippen LogP contribution in [0.4, 0.5) is 0 Å². The summed E-state index contributed by atoms with van der Waals surface area (Å²) < 4.78 is 6.70. The molecule has 0 bridgehead atoms. The first kappa shape index (κ1) is 14.3. The maximum Gasteiger partial charge on any atom is 0.237 e. The molecule has 19 heavy (non-hydrogen) atoms. The minimum atomic E-state index is -0.0657. The summed E-state index contributed by atoms with van der Waals surface area (Å²) in [6.07, 6.45) is 1.93. The van der Waals surface area contributed by atoms with Crippen LogP contribution in [-0.4, -0.2) is 31.1 Å². The highest BCUT2D eigenvalue weighted by atomic mass is 79.9. The Hall–Kier alpha value is -1.07. The molecular weight excluding hydrogens is 308 g/mol. The molecule has 1 aliphatic heterocycles. The van der Waals surface area contributed by atoms with E-state index in [0.717, 1.165) is 29.6 Å². The molecule has 1 amide bonds. The number of rotatable bonds is 5. The van der Waals surface area contributed by atoms with E-state index in [1.807, 2.05) is 31.2 Å². The Morgan fingerprint density at radius 3 is 3.05 bits per heavy atom. The van der Waals surface area contributed by atoms with Crippen molar-refractivity contribution in [2.45, 2.75) is 31.9 Å². The second-order valence-electron chi connectivity index (χ2n) is 4.75. The first-order valence-corrected chi connectivity index (χ1v) is 7.38. The highest BCUT2D eigenvalue weighted by Crippen LogP contribution is 2.24. The second-order valence-corrected chi connectivity index (χ2v) is 5.61. The molecule has 1 aliphatic rings. The van der Waals surface area contributed by atoms with E-state index in [1.54, 1.807) is 0 Å². The van der Waals surface area contributed by atoms with E-state index in [0.29, 0.717) is 6.54 Å². The van der Waals surface area contributed by atoms with Gasteiger partial charge in [-0.3, -0.25) is 4.79 Å². The molecule has 0 aliphatic carbocycles. The second kappa shape index (κ2) is 6.91. The van der Waals surface area contributed by atoms with Crippen molar-refractivity contribution in [3.05, 3.63) is 28.7 Å². The zero-order chi connectivity index (χ0) is 13.7. The van der Waals surface area contributed by atoms with Crippen molar-refractivity contribution >= 4 is 21.8 Å². The van der Waals surface area contributed by atoms with Gasteiger partial charge < -0.3 is 15.4 Å². The number of carbonyl (C=O) groups excluding carboxylic acids is 1. The molecule has 104 valence electrons. The number of nitrogens with one attached hydrogen (secondary N) is 2. The smallest absolute Gasteiger partial charge is 0.237 e. The molecule has 5 heteroatoms. The summed E-state index contributed by atoms with van der Waals surface area (Å²) in [4.78, 5) is 11.8. The molecule has 1 fully saturated rings. The highest BCUT2D eigenvalue weighted by molar-refractivity contribution is 9.10. The van der Waals surface area contributed by atoms with Crippen molar-refractivity contribution < 1.29 is 9.53 Å². The SMILES string of the molecule is CC(CNC(=O)C1CCCN1)Oc1ccccc1Br. The number of ether oxygens (including phenoxy) is 1. The lowest BCUT2D eigenvalue weighted by Gasteiger charge is -2.18. The third-order valence-electron chi connectivity index (χ3n) is 3.11. The van der Waals surface area contributed by atoms with Crippen molar-refractivity contribution in [1.82, 2.24) is 10.6 Å². The Morgan fingerprint density at radius 1 is 1.58 bits per heavy atom. The fourth-order valence-corrected chi connectivity index (χ4v) is 2.45. The Bertz CT molecular complexity index is 433. The fraction of sp³-hybridized carbons (Fsp3) is 0.500. The number of amides is 1. The van der Waals surface area contributed by atoms with Crippen LogP contribution in [-0.2, 0) is 4.79 Å². The van der Waals surface area contributed by atoms with Gasteiger partial charge in [0.05, 0.1) is 17.1 Å². The van der Waals surface area contributed by atoms with Crippen LogP contribution in [0.15, 0.2) is 28.7 Å². The van der Waals surface area contributed by atoms with Crippen LogP contribution < -0.4 is 15.4 Å². The average molecular weight is 327 g/mol. The predicted molar refractivity (Wildman–Crippen MR) is 78.3 cm³/mol. The van der Waals surface area contributed by atoms with Gasteiger partial charge in [-0.1, -0.05) is 12.1 Å². The predicted octanol–water partition coefficient (Wildman–Crippen LogP) is 2.08. The number of benzene rings is 1. The fourth-order valence-electron chi connectivity index (χ4n) is 2.07. The summed E-state index contributed by atoms with van der Waals surface area (Å²) in [5.41, 5.74) is 0. The zero-order valence-corrected chi connectivity index (χ0v) is 12.6. The molecule has 1 heterocycles. The topological polar surface area (TPSA) is 50.4 Å². The molecule has 2 rings (SSSR count). The number of hydrogen-bond donors (Lipinski definition) is 2. The first-order chi connectivity index (χ1) is 9.16. The summed E-state index contributed by atoms with van der Waals surface area (Å²) >= 11 is 3.44. The van der Waals surface area contributed by atoms with Gasteiger partial charge in [0.25, 0.3) is 0 Å². The first-order valence-electron chi connectivity index (χ1n) is 6.59. The molecule has 4 nitrogen and oxygen atoms in total. The van der Waals surface area contributed by atoms with Crippen LogP contribution in [0, 0.1) is 0 Å². The Morgan fingerprint density at radius 2 is 2.37 bits per heavy atom. The third-order valence-corrected chi connectivity index (χ3v) is 3.76. The molecule has 0 aromatic heterocycles. The lowest BCUT2D eigenvalue weighted by molar-refractivity contribution is -0.123. The minimum absolute atomic E-state index is 0.0318. The highest BCUT2D eigenvalue weighted by Gasteiger charge is 2.22. The van der Waals surface area contributed by atoms with Gasteiger partial charge >= 0.3 is 0 Å². The van der Waals surface area contributed by atoms with Gasteiger partial charge in [0, 0.05) is 0 Å². The van der Waals surface area contributed by atoms with E-state index in [9.17, 15) is 4.79 Å². The molecule has 0 saturated carbocycles. The molecule has 2 N–H and O–H groups in total. The van der Waals surface area contributed by atoms with Crippen molar-refractivity contribution in [2.24, 2.45) is 0 Å². The Kier molecular flexibility index (Phi) is 5.22. The average Bonchev–Trinajstić information content (AvgIpc) is 2.93. The van der Waals surface area contributed by atoms with E-state index >= 15 is 0 Å². The van der Waals surface area contributed by atoms with Crippen LogP contribution >= 0.6 is 15.9 Å². The summed E-state index contributed by atoms with van der Waals surface area (Å²) in [7, 11) is 0. The van der Waals surface area contributed by atoms with Crippen LogP contribution in [0.1, 0.15) is 19.8 Å². The van der Waals surface area contributed by atoms with Gasteiger partial charge in [-0.2, -0.15) is 0 Å². The normalized spacial score (nSPS) is 20.0. The van der Waals surface area contributed by atoms with Crippen LogP contribution in [0.3, 0.4) is 0 Å². The van der Waals surface area contributed by atoms with E-state index < -0.39 is 0 Å². The van der Waals surface area contributed by atoms with Crippen LogP contribution in [0.5, 0.6) is 5.75 Å². The zero-order valence-electron chi connectivity index (χ0n) is 11.0. The van der Waals surface area contributed by atoms with Crippen molar-refractivity contribution in [1.29, 1.82) is 0 Å². The molecule has 2 atom stereocenters. The van der Waals surface area contributed by atoms with Gasteiger partial charge in [-0.05, 0) is 54.4 Å². The quantitative estimate of drug-likeness (QED) is 0.871. The van der Waals surface area contributed by atoms with E-state index in [2.05, 4.69) is 26.6 Å². The molecular formula is C14H19BrN2O2. The summed E-state index contributed by atoms with van der Waals surface area (Å²) in [5.74, 6) is 0.864. The summed E-state index contributed by atoms with van der Waals surface area (Å²) in [6, 6.07) is 7.67. The van der Waals surface area contributed by atoms with Crippen LogP contribution in [0.25, 0.3) is 0 Å². The van der Waals surface area contributed by atoms with Gasteiger partial charge in [0.2, 0.25) is 5.91 Å². The van der Waals surface area contributed by atoms with Gasteiger partial charge in [-0.25, -0.2) is 0 Å². The number of carbonyl (C=O) groups is 1. The summed E-state index contributed by atoms with van der Waals surface area (Å²) in [6.45, 7) is 3.39. The van der Waals surface area contributed by atoms with E-state index in [1.165, 1.54) is 0 Å². The van der Waals surface area contributed by atoms with Gasteiger partial charge in [-0.15, -0.1) is 0 Å². The van der Waals surface area contributed by atoms with E-state index in [-0.39, 0.29) is 18.1 Å². The van der Waals surface area contributed by atoms with Crippen molar-refractivity contribution in [3.8, 4) is 5.75 Å². The number of hydrogen-bond acceptors (Lipinski definition) is 3. The molecule has 1 aromatic rings. The Labute approximate surface area is 122 Å². The monoisotopic (exact) mass is 326 g/mol. The van der Waals surface area contributed by atoms with Gasteiger partial charge in [0.1, 0.15) is 11.9 Å². The minimum Gasteiger partial charge on any atom is -0.488 e. The van der Waals surface area contributed by atoms with E-state index in [4.69, 9.17) is 4.74 Å². The standard InChI is InChI=1S/C14H19BrN2O2/c1-10(19-13-7-3-2-5-11(13)15)9-17-14(18)12-6-4-8-16-12/h2-3,5,7,10,12,16H,4,6,8-9H2,1H3,(H,17,18). The lowest BCUT2D eigenvalue weighted by atomic mass is 10.2.